The molecule has 0 saturated carbocycles. The number of aliphatic hydroxyl groups is 2. The molecule has 8 heteroatoms. The van der Waals surface area contributed by atoms with Gasteiger partial charge < -0.3 is 28.8 Å². The number of rotatable bonds is 4. The summed E-state index contributed by atoms with van der Waals surface area (Å²) in [5.41, 5.74) is -1.53. The summed E-state index contributed by atoms with van der Waals surface area (Å²) >= 11 is 0. The van der Waals surface area contributed by atoms with Crippen LogP contribution in [-0.4, -0.2) is 47.2 Å². The number of esters is 1. The van der Waals surface area contributed by atoms with Crippen LogP contribution in [0.25, 0.3) is 11.0 Å². The van der Waals surface area contributed by atoms with E-state index in [0.29, 0.717) is 11.1 Å². The van der Waals surface area contributed by atoms with Crippen molar-refractivity contribution in [1.82, 2.24) is 0 Å². The van der Waals surface area contributed by atoms with E-state index in [1.54, 1.807) is 25.1 Å². The molecule has 2 aromatic rings. The minimum atomic E-state index is -1.42. The molecule has 142 valence electrons. The molecule has 2 N–H and O–H groups in total. The van der Waals surface area contributed by atoms with Gasteiger partial charge in [0.25, 0.3) is 0 Å². The summed E-state index contributed by atoms with van der Waals surface area (Å²) in [6, 6.07) is 6.38. The van der Waals surface area contributed by atoms with Crippen LogP contribution in [0.1, 0.15) is 13.3 Å². The van der Waals surface area contributed by atoms with Crippen molar-refractivity contribution in [2.75, 3.05) is 13.2 Å². The van der Waals surface area contributed by atoms with Gasteiger partial charge in [-0.3, -0.25) is 0 Å². The zero-order valence-corrected chi connectivity index (χ0v) is 14.5. The third-order valence-corrected chi connectivity index (χ3v) is 4.74. The lowest BCUT2D eigenvalue weighted by Crippen LogP contribution is -2.50. The summed E-state index contributed by atoms with van der Waals surface area (Å²) in [7, 11) is 0. The topological polar surface area (TPSA) is 115 Å². The molecular formula is C19H18O8. The zero-order chi connectivity index (χ0) is 19.2. The number of aliphatic hydroxyl groups excluding tert-OH is 1. The van der Waals surface area contributed by atoms with E-state index in [9.17, 15) is 14.7 Å². The predicted octanol–water partition coefficient (Wildman–Crippen LogP) is 0.918. The van der Waals surface area contributed by atoms with Gasteiger partial charge in [-0.2, -0.15) is 0 Å². The lowest BCUT2D eigenvalue weighted by Gasteiger charge is -2.37. The molecule has 4 rings (SSSR count). The molecule has 3 atom stereocenters. The quantitative estimate of drug-likeness (QED) is 0.600. The second-order valence-corrected chi connectivity index (χ2v) is 6.84. The number of benzene rings is 1. The molecule has 0 aliphatic carbocycles. The first-order valence-corrected chi connectivity index (χ1v) is 8.48. The van der Waals surface area contributed by atoms with Gasteiger partial charge in [-0.05, 0) is 31.2 Å². The van der Waals surface area contributed by atoms with Gasteiger partial charge in [0, 0.05) is 17.9 Å². The van der Waals surface area contributed by atoms with Crippen molar-refractivity contribution >= 4 is 16.9 Å². The van der Waals surface area contributed by atoms with Gasteiger partial charge in [-0.1, -0.05) is 0 Å². The number of cyclic esters (lactones) is 1. The number of ether oxygens (including phenoxy) is 3. The van der Waals surface area contributed by atoms with E-state index in [1.165, 1.54) is 12.1 Å². The Morgan fingerprint density at radius 3 is 2.70 bits per heavy atom. The number of hydrogen-bond acceptors (Lipinski definition) is 8. The first-order valence-electron chi connectivity index (χ1n) is 8.48. The molecule has 8 nitrogen and oxygen atoms in total. The van der Waals surface area contributed by atoms with Gasteiger partial charge in [0.05, 0.1) is 12.2 Å². The van der Waals surface area contributed by atoms with Crippen LogP contribution in [0.15, 0.2) is 45.1 Å². The molecule has 3 heterocycles. The second kappa shape index (κ2) is 6.40. The highest BCUT2D eigenvalue weighted by Gasteiger charge is 2.42. The molecular weight excluding hydrogens is 356 g/mol. The van der Waals surface area contributed by atoms with Crippen LogP contribution in [0.2, 0.25) is 0 Å². The highest BCUT2D eigenvalue weighted by molar-refractivity contribution is 5.91. The van der Waals surface area contributed by atoms with Crippen LogP contribution in [0.3, 0.4) is 0 Å². The molecule has 2 aliphatic heterocycles. The average Bonchev–Trinajstić information content (AvgIpc) is 2.99. The van der Waals surface area contributed by atoms with Crippen molar-refractivity contribution < 1.29 is 33.6 Å². The summed E-state index contributed by atoms with van der Waals surface area (Å²) in [4.78, 5) is 23.2. The maximum absolute atomic E-state index is 11.6. The number of fused-ring (bicyclic) bond motifs is 3. The van der Waals surface area contributed by atoms with E-state index in [-0.39, 0.29) is 29.9 Å². The normalized spacial score (nSPS) is 23.7. The number of carbonyl (C=O) groups is 1. The Hall–Kier alpha value is -2.84. The van der Waals surface area contributed by atoms with Gasteiger partial charge in [0.1, 0.15) is 18.3 Å². The Bertz CT molecular complexity index is 987. The highest BCUT2D eigenvalue weighted by Crippen LogP contribution is 2.40. The molecule has 27 heavy (non-hydrogen) atoms. The van der Waals surface area contributed by atoms with Crippen LogP contribution in [0.4, 0.5) is 0 Å². The van der Waals surface area contributed by atoms with E-state index < -0.39 is 36.0 Å². The zero-order valence-electron chi connectivity index (χ0n) is 14.5. The Morgan fingerprint density at radius 1 is 1.19 bits per heavy atom. The van der Waals surface area contributed by atoms with Gasteiger partial charge in [0.2, 0.25) is 5.75 Å². The summed E-state index contributed by atoms with van der Waals surface area (Å²) in [6.07, 6.45) is 0.0832. The minimum Gasteiger partial charge on any atom is -0.486 e. The molecule has 1 aromatic heterocycles. The number of hydrogen-bond donors (Lipinski definition) is 2. The van der Waals surface area contributed by atoms with E-state index in [2.05, 4.69) is 0 Å². The van der Waals surface area contributed by atoms with Gasteiger partial charge in [-0.15, -0.1) is 0 Å². The maximum Gasteiger partial charge on any atom is 0.336 e. The second-order valence-electron chi connectivity index (χ2n) is 6.84. The Labute approximate surface area is 153 Å². The van der Waals surface area contributed by atoms with Crippen LogP contribution in [0.5, 0.6) is 11.5 Å². The Balaban J connectivity index is 1.60. The molecule has 0 fully saturated rings. The maximum atomic E-state index is 11.6. The minimum absolute atomic E-state index is 0.0559. The van der Waals surface area contributed by atoms with Crippen LogP contribution >= 0.6 is 0 Å². The van der Waals surface area contributed by atoms with E-state index in [1.807, 2.05) is 0 Å². The summed E-state index contributed by atoms with van der Waals surface area (Å²) < 4.78 is 22.0. The van der Waals surface area contributed by atoms with Gasteiger partial charge in [-0.25, -0.2) is 9.59 Å². The molecule has 0 bridgehead atoms. The Kier molecular flexibility index (Phi) is 4.16. The van der Waals surface area contributed by atoms with Crippen molar-refractivity contribution in [3.8, 4) is 11.5 Å². The smallest absolute Gasteiger partial charge is 0.336 e. The first-order chi connectivity index (χ1) is 12.9. The van der Waals surface area contributed by atoms with Gasteiger partial charge in [0.15, 0.2) is 17.4 Å². The predicted molar refractivity (Wildman–Crippen MR) is 92.7 cm³/mol. The molecule has 0 unspecified atom stereocenters. The summed E-state index contributed by atoms with van der Waals surface area (Å²) in [5, 5.41) is 20.7. The van der Waals surface area contributed by atoms with Crippen LogP contribution < -0.4 is 15.1 Å². The Morgan fingerprint density at radius 2 is 1.96 bits per heavy atom. The average molecular weight is 374 g/mol. The van der Waals surface area contributed by atoms with E-state index in [4.69, 9.17) is 23.7 Å². The fourth-order valence-corrected chi connectivity index (χ4v) is 3.26. The standard InChI is InChI=1S/C19H18O8/c1-19(23,7-12-6-11(8-20)18(22)25-12)14-9-24-13-4-2-10-3-5-15(21)27-16(10)17(13)26-14/h2-6,12,14,20,23H,7-9H2,1H3/t12-,14-,19+/m0/s1. The van der Waals surface area contributed by atoms with Crippen molar-refractivity contribution in [2.24, 2.45) is 0 Å². The summed E-state index contributed by atoms with van der Waals surface area (Å²) in [5.74, 6) is 0.0626. The molecule has 1 aromatic carbocycles. The molecule has 0 amide bonds. The van der Waals surface area contributed by atoms with Crippen LogP contribution in [0, 0.1) is 0 Å². The highest BCUT2D eigenvalue weighted by atomic mass is 16.6. The third kappa shape index (κ3) is 3.17. The van der Waals surface area contributed by atoms with E-state index >= 15 is 0 Å². The fraction of sp³-hybridized carbons (Fsp3) is 0.368. The third-order valence-electron chi connectivity index (χ3n) is 4.74. The molecule has 0 radical (unpaired) electrons. The lowest BCUT2D eigenvalue weighted by molar-refractivity contribution is -0.144. The SMILES string of the molecule is C[C@@](O)(C[C@@H]1C=C(CO)C(=O)O1)[C@@H]1COc2ccc3ccc(=O)oc3c2O1. The first kappa shape index (κ1) is 17.6. The van der Waals surface area contributed by atoms with Crippen molar-refractivity contribution in [3.63, 3.8) is 0 Å². The molecule has 2 aliphatic rings. The van der Waals surface area contributed by atoms with Crippen LogP contribution in [-0.2, 0) is 9.53 Å². The fourth-order valence-electron chi connectivity index (χ4n) is 3.26. The van der Waals surface area contributed by atoms with Crippen molar-refractivity contribution in [2.45, 2.75) is 31.2 Å². The van der Waals surface area contributed by atoms with E-state index in [0.717, 1.165) is 0 Å². The largest absolute Gasteiger partial charge is 0.486 e. The van der Waals surface area contributed by atoms with Crippen molar-refractivity contribution in [3.05, 3.63) is 46.3 Å². The molecule has 0 spiro atoms. The monoisotopic (exact) mass is 374 g/mol. The summed E-state index contributed by atoms with van der Waals surface area (Å²) in [6.45, 7) is 1.20. The lowest BCUT2D eigenvalue weighted by atomic mass is 9.91. The molecule has 0 saturated heterocycles. The van der Waals surface area contributed by atoms with Gasteiger partial charge >= 0.3 is 11.6 Å². The number of carbonyl (C=O) groups excluding carboxylic acids is 1. The van der Waals surface area contributed by atoms with Crippen molar-refractivity contribution in [1.29, 1.82) is 0 Å².